The number of halogens is 1. The fourth-order valence-electron chi connectivity index (χ4n) is 1.52. The van der Waals surface area contributed by atoms with Crippen LogP contribution >= 0.6 is 11.6 Å². The van der Waals surface area contributed by atoms with Gasteiger partial charge in [0.25, 0.3) is 0 Å². The van der Waals surface area contributed by atoms with Crippen LogP contribution in [0.2, 0.25) is 5.28 Å². The summed E-state index contributed by atoms with van der Waals surface area (Å²) < 4.78 is 5.55. The van der Waals surface area contributed by atoms with Gasteiger partial charge in [-0.1, -0.05) is 32.9 Å². The Morgan fingerprint density at radius 1 is 1.16 bits per heavy atom. The molecule has 0 aliphatic heterocycles. The van der Waals surface area contributed by atoms with E-state index in [1.807, 2.05) is 24.3 Å². The molecule has 0 fully saturated rings. The smallest absolute Gasteiger partial charge is 0.328 e. The van der Waals surface area contributed by atoms with E-state index in [0.717, 1.165) is 5.56 Å². The van der Waals surface area contributed by atoms with Crippen molar-refractivity contribution < 1.29 is 4.74 Å². The van der Waals surface area contributed by atoms with E-state index < -0.39 is 0 Å². The van der Waals surface area contributed by atoms with Crippen molar-refractivity contribution in [2.75, 3.05) is 5.73 Å². The number of aromatic nitrogens is 3. The fraction of sp³-hybridized carbons (Fsp3) is 0.308. The van der Waals surface area contributed by atoms with Gasteiger partial charge in [-0.25, -0.2) is 0 Å². The van der Waals surface area contributed by atoms with Gasteiger partial charge in [-0.05, 0) is 34.7 Å². The van der Waals surface area contributed by atoms with Crippen LogP contribution < -0.4 is 10.5 Å². The predicted octanol–water partition coefficient (Wildman–Crippen LogP) is 3.20. The number of rotatable bonds is 2. The molecule has 1 heterocycles. The van der Waals surface area contributed by atoms with Crippen LogP contribution in [0.25, 0.3) is 0 Å². The van der Waals surface area contributed by atoms with Crippen LogP contribution in [0.15, 0.2) is 24.3 Å². The van der Waals surface area contributed by atoms with E-state index in [2.05, 4.69) is 35.7 Å². The lowest BCUT2D eigenvalue weighted by Crippen LogP contribution is -2.10. The fourth-order valence-corrected chi connectivity index (χ4v) is 1.68. The molecule has 2 aromatic rings. The van der Waals surface area contributed by atoms with Crippen molar-refractivity contribution in [3.05, 3.63) is 35.1 Å². The molecule has 0 saturated carbocycles. The molecular weight excluding hydrogens is 264 g/mol. The molecule has 19 heavy (non-hydrogen) atoms. The van der Waals surface area contributed by atoms with Crippen LogP contribution in [0.3, 0.4) is 0 Å². The lowest BCUT2D eigenvalue weighted by molar-refractivity contribution is 0.438. The molecule has 6 heteroatoms. The molecule has 0 unspecified atom stereocenters. The quantitative estimate of drug-likeness (QED) is 0.913. The Morgan fingerprint density at radius 2 is 1.89 bits per heavy atom. The third-order valence-electron chi connectivity index (χ3n) is 2.51. The van der Waals surface area contributed by atoms with Gasteiger partial charge in [-0.2, -0.15) is 15.0 Å². The van der Waals surface area contributed by atoms with Gasteiger partial charge in [0.05, 0.1) is 0 Å². The summed E-state index contributed by atoms with van der Waals surface area (Å²) in [6, 6.07) is 7.81. The number of benzene rings is 1. The number of ether oxygens (including phenoxy) is 1. The molecule has 0 atom stereocenters. The van der Waals surface area contributed by atoms with Crippen LogP contribution in [0.5, 0.6) is 11.8 Å². The van der Waals surface area contributed by atoms with Crippen molar-refractivity contribution in [2.45, 2.75) is 26.2 Å². The highest BCUT2D eigenvalue weighted by Gasteiger charge is 2.14. The van der Waals surface area contributed by atoms with Gasteiger partial charge in [-0.15, -0.1) is 0 Å². The molecule has 0 saturated heterocycles. The van der Waals surface area contributed by atoms with Crippen molar-refractivity contribution in [3.63, 3.8) is 0 Å². The Labute approximate surface area is 116 Å². The minimum absolute atomic E-state index is 0.00877. The zero-order chi connectivity index (χ0) is 14.0. The Kier molecular flexibility index (Phi) is 3.57. The highest BCUT2D eigenvalue weighted by Crippen LogP contribution is 2.27. The lowest BCUT2D eigenvalue weighted by Gasteiger charge is -2.19. The zero-order valence-electron chi connectivity index (χ0n) is 11.0. The van der Waals surface area contributed by atoms with Crippen molar-refractivity contribution >= 4 is 17.5 Å². The minimum Gasteiger partial charge on any atom is -0.424 e. The largest absolute Gasteiger partial charge is 0.424 e. The maximum atomic E-state index is 5.70. The topological polar surface area (TPSA) is 73.9 Å². The Bertz CT molecular complexity index is 575. The SMILES string of the molecule is CC(C)(C)c1cccc(Oc2nc(N)nc(Cl)n2)c1. The Morgan fingerprint density at radius 3 is 2.53 bits per heavy atom. The monoisotopic (exact) mass is 278 g/mol. The molecule has 0 aliphatic carbocycles. The maximum absolute atomic E-state index is 5.70. The van der Waals surface area contributed by atoms with E-state index in [9.17, 15) is 0 Å². The first-order valence-corrected chi connectivity index (χ1v) is 6.18. The van der Waals surface area contributed by atoms with E-state index in [1.165, 1.54) is 0 Å². The predicted molar refractivity (Wildman–Crippen MR) is 74.5 cm³/mol. The number of anilines is 1. The molecule has 0 radical (unpaired) electrons. The summed E-state index contributed by atoms with van der Waals surface area (Å²) in [5.41, 5.74) is 6.67. The molecule has 1 aromatic carbocycles. The van der Waals surface area contributed by atoms with E-state index in [-0.39, 0.29) is 22.7 Å². The molecule has 0 bridgehead atoms. The van der Waals surface area contributed by atoms with Gasteiger partial charge < -0.3 is 10.5 Å². The van der Waals surface area contributed by atoms with E-state index in [4.69, 9.17) is 22.1 Å². The van der Waals surface area contributed by atoms with Gasteiger partial charge in [0.2, 0.25) is 11.2 Å². The summed E-state index contributed by atoms with van der Waals surface area (Å²) in [5.74, 6) is 0.663. The van der Waals surface area contributed by atoms with Gasteiger partial charge in [0.1, 0.15) is 5.75 Å². The minimum atomic E-state index is 0.00877. The third kappa shape index (κ3) is 3.54. The summed E-state index contributed by atoms with van der Waals surface area (Å²) in [6.07, 6.45) is 0. The average molecular weight is 279 g/mol. The van der Waals surface area contributed by atoms with Gasteiger partial charge >= 0.3 is 6.01 Å². The number of hydrogen-bond acceptors (Lipinski definition) is 5. The zero-order valence-corrected chi connectivity index (χ0v) is 11.8. The van der Waals surface area contributed by atoms with Crippen LogP contribution in [0.4, 0.5) is 5.95 Å². The van der Waals surface area contributed by atoms with Crippen LogP contribution in [0, 0.1) is 0 Å². The second-order valence-corrected chi connectivity index (χ2v) is 5.46. The molecule has 100 valence electrons. The Balaban J connectivity index is 2.28. The van der Waals surface area contributed by atoms with Crippen molar-refractivity contribution in [3.8, 4) is 11.8 Å². The van der Waals surface area contributed by atoms with Gasteiger partial charge in [-0.3, -0.25) is 0 Å². The van der Waals surface area contributed by atoms with E-state index in [1.54, 1.807) is 0 Å². The van der Waals surface area contributed by atoms with E-state index in [0.29, 0.717) is 5.75 Å². The number of nitrogens with zero attached hydrogens (tertiary/aromatic N) is 3. The molecule has 0 aliphatic rings. The summed E-state index contributed by atoms with van der Waals surface area (Å²) >= 11 is 5.70. The third-order valence-corrected chi connectivity index (χ3v) is 2.68. The second-order valence-electron chi connectivity index (χ2n) is 5.13. The second kappa shape index (κ2) is 5.01. The van der Waals surface area contributed by atoms with Crippen LogP contribution in [-0.2, 0) is 5.41 Å². The van der Waals surface area contributed by atoms with Crippen molar-refractivity contribution in [1.29, 1.82) is 0 Å². The standard InChI is InChI=1S/C13H15ClN4O/c1-13(2,3)8-5-4-6-9(7-8)19-12-17-10(14)16-11(15)18-12/h4-7H,1-3H3,(H2,15,16,17,18). The molecule has 5 nitrogen and oxygen atoms in total. The van der Waals surface area contributed by atoms with E-state index >= 15 is 0 Å². The first kappa shape index (κ1) is 13.5. The Hall–Kier alpha value is -1.88. The first-order chi connectivity index (χ1) is 8.84. The number of hydrogen-bond donors (Lipinski definition) is 1. The highest BCUT2D eigenvalue weighted by atomic mass is 35.5. The molecular formula is C13H15ClN4O. The summed E-state index contributed by atoms with van der Waals surface area (Å²) in [5, 5.41) is 0.00877. The first-order valence-electron chi connectivity index (χ1n) is 5.80. The average Bonchev–Trinajstić information content (AvgIpc) is 2.26. The van der Waals surface area contributed by atoms with Crippen molar-refractivity contribution in [2.24, 2.45) is 0 Å². The van der Waals surface area contributed by atoms with Gasteiger partial charge in [0.15, 0.2) is 0 Å². The lowest BCUT2D eigenvalue weighted by atomic mass is 9.87. The highest BCUT2D eigenvalue weighted by molar-refractivity contribution is 6.28. The molecule has 2 N–H and O–H groups in total. The maximum Gasteiger partial charge on any atom is 0.328 e. The van der Waals surface area contributed by atoms with Gasteiger partial charge in [0, 0.05) is 0 Å². The van der Waals surface area contributed by atoms with Crippen LogP contribution in [0.1, 0.15) is 26.3 Å². The molecule has 2 rings (SSSR count). The molecule has 0 spiro atoms. The van der Waals surface area contributed by atoms with Crippen LogP contribution in [-0.4, -0.2) is 15.0 Å². The molecule has 1 aromatic heterocycles. The summed E-state index contributed by atoms with van der Waals surface area (Å²) in [6.45, 7) is 6.39. The number of nitrogens with two attached hydrogens (primary N) is 1. The number of nitrogen functional groups attached to an aromatic ring is 1. The van der Waals surface area contributed by atoms with Crippen molar-refractivity contribution in [1.82, 2.24) is 15.0 Å². The molecule has 0 amide bonds. The summed E-state index contributed by atoms with van der Waals surface area (Å²) in [4.78, 5) is 11.4. The summed E-state index contributed by atoms with van der Waals surface area (Å²) in [7, 11) is 0. The normalized spacial score (nSPS) is 11.4.